The van der Waals surface area contributed by atoms with Crippen molar-refractivity contribution in [2.75, 3.05) is 26.2 Å². The monoisotopic (exact) mass is 258 g/mol. The van der Waals surface area contributed by atoms with Crippen LogP contribution in [0.2, 0.25) is 0 Å². The van der Waals surface area contributed by atoms with E-state index >= 15 is 0 Å². The highest BCUT2D eigenvalue weighted by Crippen LogP contribution is 2.08. The summed E-state index contributed by atoms with van der Waals surface area (Å²) in [6.07, 6.45) is 0.728. The number of nitrogens with one attached hydrogen (secondary N) is 1. The van der Waals surface area contributed by atoms with Gasteiger partial charge in [-0.05, 0) is 5.56 Å². The molecule has 1 aromatic heterocycles. The van der Waals surface area contributed by atoms with Crippen molar-refractivity contribution in [3.63, 3.8) is 0 Å². The van der Waals surface area contributed by atoms with Crippen LogP contribution in [0.15, 0.2) is 34.9 Å². The molecule has 2 heterocycles. The van der Waals surface area contributed by atoms with Crippen molar-refractivity contribution in [3.05, 3.63) is 47.6 Å². The molecule has 0 bridgehead atoms. The normalized spacial score (nSPS) is 16.6. The highest BCUT2D eigenvalue weighted by atomic mass is 16.5. The van der Waals surface area contributed by atoms with E-state index in [2.05, 4.69) is 32.5 Å². The zero-order chi connectivity index (χ0) is 12.9. The van der Waals surface area contributed by atoms with E-state index in [1.807, 2.05) is 18.2 Å². The highest BCUT2D eigenvalue weighted by Gasteiger charge is 2.14. The molecule has 5 heteroatoms. The molecular formula is C14H18N4O. The molecule has 0 unspecified atom stereocenters. The summed E-state index contributed by atoms with van der Waals surface area (Å²) < 4.78 is 5.32. The summed E-state index contributed by atoms with van der Waals surface area (Å²) >= 11 is 0. The minimum absolute atomic E-state index is 0.716. The van der Waals surface area contributed by atoms with Crippen LogP contribution in [0.3, 0.4) is 0 Å². The number of hydrogen-bond acceptors (Lipinski definition) is 5. The van der Waals surface area contributed by atoms with Gasteiger partial charge in [0.1, 0.15) is 0 Å². The van der Waals surface area contributed by atoms with E-state index in [4.69, 9.17) is 4.52 Å². The SMILES string of the molecule is c1ccc(Cc2noc(CN3CCNCC3)n2)cc1. The summed E-state index contributed by atoms with van der Waals surface area (Å²) in [5.74, 6) is 1.48. The van der Waals surface area contributed by atoms with E-state index in [1.54, 1.807) is 0 Å². The average molecular weight is 258 g/mol. The molecule has 2 aromatic rings. The minimum Gasteiger partial charge on any atom is -0.338 e. The van der Waals surface area contributed by atoms with Crippen LogP contribution in [0, 0.1) is 0 Å². The first-order valence-corrected chi connectivity index (χ1v) is 6.68. The largest absolute Gasteiger partial charge is 0.338 e. The Morgan fingerprint density at radius 2 is 1.95 bits per heavy atom. The molecule has 100 valence electrons. The molecule has 5 nitrogen and oxygen atoms in total. The van der Waals surface area contributed by atoms with Gasteiger partial charge < -0.3 is 9.84 Å². The molecule has 1 fully saturated rings. The van der Waals surface area contributed by atoms with Gasteiger partial charge in [0, 0.05) is 32.6 Å². The van der Waals surface area contributed by atoms with Crippen molar-refractivity contribution >= 4 is 0 Å². The molecule has 0 aliphatic carbocycles. The second-order valence-corrected chi connectivity index (χ2v) is 4.79. The first-order chi connectivity index (χ1) is 9.40. The van der Waals surface area contributed by atoms with Crippen LogP contribution >= 0.6 is 0 Å². The summed E-state index contributed by atoms with van der Waals surface area (Å²) in [7, 11) is 0. The first kappa shape index (κ1) is 12.3. The molecule has 0 radical (unpaired) electrons. The molecule has 1 aliphatic rings. The van der Waals surface area contributed by atoms with Gasteiger partial charge in [-0.15, -0.1) is 0 Å². The molecule has 19 heavy (non-hydrogen) atoms. The summed E-state index contributed by atoms with van der Waals surface area (Å²) in [6, 6.07) is 10.2. The van der Waals surface area contributed by atoms with E-state index in [1.165, 1.54) is 5.56 Å². The van der Waals surface area contributed by atoms with Crippen molar-refractivity contribution in [1.29, 1.82) is 0 Å². The Morgan fingerprint density at radius 1 is 1.16 bits per heavy atom. The van der Waals surface area contributed by atoms with Gasteiger partial charge in [0.25, 0.3) is 0 Å². The number of hydrogen-bond donors (Lipinski definition) is 1. The third-order valence-corrected chi connectivity index (χ3v) is 3.28. The van der Waals surface area contributed by atoms with E-state index in [9.17, 15) is 0 Å². The molecule has 1 N–H and O–H groups in total. The number of nitrogens with zero attached hydrogens (tertiary/aromatic N) is 3. The zero-order valence-corrected chi connectivity index (χ0v) is 10.9. The smallest absolute Gasteiger partial charge is 0.240 e. The summed E-state index contributed by atoms with van der Waals surface area (Å²) in [5, 5.41) is 7.38. The Morgan fingerprint density at radius 3 is 2.74 bits per heavy atom. The van der Waals surface area contributed by atoms with Crippen LogP contribution in [-0.4, -0.2) is 41.2 Å². The highest BCUT2D eigenvalue weighted by molar-refractivity contribution is 5.18. The Labute approximate surface area is 112 Å². The Hall–Kier alpha value is -1.72. The van der Waals surface area contributed by atoms with Gasteiger partial charge in [-0.25, -0.2) is 0 Å². The molecule has 0 atom stereocenters. The number of benzene rings is 1. The predicted octanol–water partition coefficient (Wildman–Crippen LogP) is 1.07. The summed E-state index contributed by atoms with van der Waals surface area (Å²) in [5.41, 5.74) is 1.21. The zero-order valence-electron chi connectivity index (χ0n) is 10.9. The first-order valence-electron chi connectivity index (χ1n) is 6.68. The van der Waals surface area contributed by atoms with E-state index in [0.29, 0.717) is 5.89 Å². The molecule has 1 aliphatic heterocycles. The van der Waals surface area contributed by atoms with Crippen LogP contribution in [0.25, 0.3) is 0 Å². The lowest BCUT2D eigenvalue weighted by atomic mass is 10.1. The predicted molar refractivity (Wildman–Crippen MR) is 71.7 cm³/mol. The maximum Gasteiger partial charge on any atom is 0.240 e. The molecule has 0 spiro atoms. The molecule has 1 aromatic carbocycles. The molecule has 0 amide bonds. The topological polar surface area (TPSA) is 54.2 Å². The van der Waals surface area contributed by atoms with Gasteiger partial charge in [0.15, 0.2) is 5.82 Å². The van der Waals surface area contributed by atoms with Crippen molar-refractivity contribution in [2.24, 2.45) is 0 Å². The quantitative estimate of drug-likeness (QED) is 0.889. The Bertz CT molecular complexity index is 505. The molecule has 0 saturated carbocycles. The van der Waals surface area contributed by atoms with Crippen molar-refractivity contribution in [1.82, 2.24) is 20.4 Å². The Kier molecular flexibility index (Phi) is 3.86. The van der Waals surface area contributed by atoms with Crippen LogP contribution in [0.4, 0.5) is 0 Å². The fraction of sp³-hybridized carbons (Fsp3) is 0.429. The van der Waals surface area contributed by atoms with E-state index < -0.39 is 0 Å². The van der Waals surface area contributed by atoms with Crippen LogP contribution in [-0.2, 0) is 13.0 Å². The fourth-order valence-electron chi connectivity index (χ4n) is 2.27. The van der Waals surface area contributed by atoms with Gasteiger partial charge in [-0.3, -0.25) is 4.90 Å². The second-order valence-electron chi connectivity index (χ2n) is 4.79. The van der Waals surface area contributed by atoms with Crippen molar-refractivity contribution < 1.29 is 4.52 Å². The van der Waals surface area contributed by atoms with E-state index in [-0.39, 0.29) is 0 Å². The average Bonchev–Trinajstić information content (AvgIpc) is 2.88. The second kappa shape index (κ2) is 5.95. The van der Waals surface area contributed by atoms with E-state index in [0.717, 1.165) is 45.0 Å². The van der Waals surface area contributed by atoms with Crippen LogP contribution in [0.5, 0.6) is 0 Å². The molecule has 3 rings (SSSR count). The van der Waals surface area contributed by atoms with Gasteiger partial charge >= 0.3 is 0 Å². The number of piperazine rings is 1. The minimum atomic E-state index is 0.716. The fourth-order valence-corrected chi connectivity index (χ4v) is 2.27. The number of rotatable bonds is 4. The van der Waals surface area contributed by atoms with Crippen LogP contribution < -0.4 is 5.32 Å². The van der Waals surface area contributed by atoms with Crippen molar-refractivity contribution in [3.8, 4) is 0 Å². The van der Waals surface area contributed by atoms with Gasteiger partial charge in [0.2, 0.25) is 5.89 Å². The molecule has 1 saturated heterocycles. The lowest BCUT2D eigenvalue weighted by Crippen LogP contribution is -2.42. The van der Waals surface area contributed by atoms with Crippen molar-refractivity contribution in [2.45, 2.75) is 13.0 Å². The third kappa shape index (κ3) is 3.39. The maximum atomic E-state index is 5.32. The summed E-state index contributed by atoms with van der Waals surface area (Å²) in [4.78, 5) is 6.79. The third-order valence-electron chi connectivity index (χ3n) is 3.28. The van der Waals surface area contributed by atoms with Gasteiger partial charge in [-0.2, -0.15) is 4.98 Å². The Balaban J connectivity index is 1.59. The lowest BCUT2D eigenvalue weighted by molar-refractivity contribution is 0.203. The lowest BCUT2D eigenvalue weighted by Gasteiger charge is -2.25. The van der Waals surface area contributed by atoms with Gasteiger partial charge in [0.05, 0.1) is 6.54 Å². The van der Waals surface area contributed by atoms with Gasteiger partial charge in [-0.1, -0.05) is 35.5 Å². The summed E-state index contributed by atoms with van der Waals surface area (Å²) in [6.45, 7) is 4.90. The number of aromatic nitrogens is 2. The maximum absolute atomic E-state index is 5.32. The van der Waals surface area contributed by atoms with Crippen LogP contribution in [0.1, 0.15) is 17.3 Å². The standard InChI is InChI=1S/C14H18N4O/c1-2-4-12(5-3-1)10-13-16-14(19-17-13)11-18-8-6-15-7-9-18/h1-5,15H,6-11H2. The molecular weight excluding hydrogens is 240 g/mol.